The SMILES string of the molecule is [B][P+]1(O)OCC2OC(N3c4ncnc(N)c4NC3Br)C(OC(=S)Oc3ccccc3)[C@@H]2O1. The number of nitrogen functional groups attached to an aromatic ring is 1. The molecule has 0 bridgehead atoms. The van der Waals surface area contributed by atoms with Gasteiger partial charge in [0, 0.05) is 12.2 Å². The van der Waals surface area contributed by atoms with Gasteiger partial charge in [-0.05, 0) is 28.1 Å². The van der Waals surface area contributed by atoms with Gasteiger partial charge < -0.3 is 25.3 Å². The van der Waals surface area contributed by atoms with Gasteiger partial charge >= 0.3 is 20.6 Å². The molecule has 15 heteroatoms. The van der Waals surface area contributed by atoms with Crippen LogP contribution in [0.4, 0.5) is 17.3 Å². The van der Waals surface area contributed by atoms with Crippen molar-refractivity contribution in [3.05, 3.63) is 36.7 Å². The maximum Gasteiger partial charge on any atom is 0.488 e. The third-order valence-electron chi connectivity index (χ3n) is 5.04. The van der Waals surface area contributed by atoms with Crippen molar-refractivity contribution >= 4 is 66.1 Å². The second-order valence-electron chi connectivity index (χ2n) is 7.09. The number of alkyl halides is 1. The number of fused-ring (bicyclic) bond motifs is 2. The fourth-order valence-electron chi connectivity index (χ4n) is 3.69. The molecule has 166 valence electrons. The number of benzene rings is 1. The zero-order valence-electron chi connectivity index (χ0n) is 16.3. The minimum Gasteiger partial charge on any atom is -0.445 e. The van der Waals surface area contributed by atoms with Gasteiger partial charge in [0.1, 0.15) is 30.5 Å². The summed E-state index contributed by atoms with van der Waals surface area (Å²) in [5.41, 5.74) is 6.52. The molecule has 1 aromatic carbocycles. The van der Waals surface area contributed by atoms with E-state index in [0.29, 0.717) is 17.3 Å². The molecule has 2 saturated heterocycles. The summed E-state index contributed by atoms with van der Waals surface area (Å²) in [4.78, 5) is 20.3. The highest BCUT2D eigenvalue weighted by molar-refractivity contribution is 9.09. The summed E-state index contributed by atoms with van der Waals surface area (Å²) in [6.45, 7) is 0.0150. The number of nitrogens with zero attached hydrogens (tertiary/aromatic N) is 3. The zero-order chi connectivity index (χ0) is 22.5. The lowest BCUT2D eigenvalue weighted by atomic mass is 10.1. The molecule has 11 nitrogen and oxygen atoms in total. The van der Waals surface area contributed by atoms with Crippen molar-refractivity contribution in [2.45, 2.75) is 29.6 Å². The molecule has 2 fully saturated rings. The van der Waals surface area contributed by atoms with E-state index in [0.717, 1.165) is 0 Å². The molecule has 1 aromatic heterocycles. The van der Waals surface area contributed by atoms with Crippen molar-refractivity contribution in [1.29, 1.82) is 0 Å². The molecule has 6 atom stereocenters. The van der Waals surface area contributed by atoms with E-state index < -0.39 is 37.4 Å². The van der Waals surface area contributed by atoms with Gasteiger partial charge in [0.15, 0.2) is 35.1 Å². The van der Waals surface area contributed by atoms with Crippen molar-refractivity contribution < 1.29 is 28.2 Å². The summed E-state index contributed by atoms with van der Waals surface area (Å²) in [6, 6.07) is 8.95. The smallest absolute Gasteiger partial charge is 0.445 e. The lowest BCUT2D eigenvalue weighted by Gasteiger charge is -2.32. The Hall–Kier alpha value is -1.80. The van der Waals surface area contributed by atoms with Gasteiger partial charge in [0.2, 0.25) is 0 Å². The fraction of sp³-hybridized carbons (Fsp3) is 0.353. The average Bonchev–Trinajstić information content (AvgIpc) is 3.25. The lowest BCUT2D eigenvalue weighted by molar-refractivity contribution is -0.0442. The second-order valence-corrected chi connectivity index (χ2v) is 9.89. The maximum absolute atomic E-state index is 10.2. The number of para-hydroxylation sites is 1. The number of thiocarbonyl (C=S) groups is 1. The molecule has 0 spiro atoms. The Labute approximate surface area is 198 Å². The van der Waals surface area contributed by atoms with Crippen LogP contribution in [0.1, 0.15) is 0 Å². The Bertz CT molecular complexity index is 1030. The third-order valence-corrected chi connectivity index (χ3v) is 6.96. The van der Waals surface area contributed by atoms with Crippen LogP contribution in [0.3, 0.4) is 0 Å². The van der Waals surface area contributed by atoms with Gasteiger partial charge in [0.25, 0.3) is 0 Å². The molecule has 5 rings (SSSR count). The Kier molecular flexibility index (Phi) is 5.87. The van der Waals surface area contributed by atoms with E-state index in [1.165, 1.54) is 6.33 Å². The highest BCUT2D eigenvalue weighted by Crippen LogP contribution is 2.58. The number of nitrogens with one attached hydrogen (secondary N) is 1. The summed E-state index contributed by atoms with van der Waals surface area (Å²) in [5.74, 6) is 1.28. The summed E-state index contributed by atoms with van der Waals surface area (Å²) < 4.78 is 28.7. The Balaban J connectivity index is 1.44. The standard InChI is InChI=1S/C17H17BBrN5O6PS/c18-31(25)26-6-9-11(30-31)12(29-17(32)27-8-4-2-1-3-5-8)15(28-9)24-14-10(23-16(24)19)13(20)21-7-22-14/h1-5,7,9,11-12,15-16,23,25H,6H2,(H2,20,21,22)/q+1/t9?,11-,12?,15?,16?,31?/m1/s1. The van der Waals surface area contributed by atoms with Crippen LogP contribution in [0.15, 0.2) is 36.7 Å². The van der Waals surface area contributed by atoms with Crippen LogP contribution >= 0.6 is 36.0 Å². The van der Waals surface area contributed by atoms with Gasteiger partial charge in [-0.1, -0.05) is 18.2 Å². The van der Waals surface area contributed by atoms with E-state index in [9.17, 15) is 4.89 Å². The van der Waals surface area contributed by atoms with Crippen LogP contribution in [-0.4, -0.2) is 63.9 Å². The number of anilines is 3. The quantitative estimate of drug-likeness (QED) is 0.172. The highest BCUT2D eigenvalue weighted by atomic mass is 79.9. The van der Waals surface area contributed by atoms with E-state index in [1.54, 1.807) is 17.0 Å². The zero-order valence-corrected chi connectivity index (χ0v) is 19.6. The van der Waals surface area contributed by atoms with Crippen molar-refractivity contribution in [2.75, 3.05) is 22.6 Å². The first kappa shape index (κ1) is 22.0. The molecule has 5 unspecified atom stereocenters. The summed E-state index contributed by atoms with van der Waals surface area (Å²) in [7, 11) is 2.21. The van der Waals surface area contributed by atoms with Crippen LogP contribution < -0.4 is 20.7 Å². The second kappa shape index (κ2) is 8.52. The number of aromatic nitrogens is 2. The fourth-order valence-corrected chi connectivity index (χ4v) is 5.58. The van der Waals surface area contributed by atoms with Crippen molar-refractivity contribution in [2.24, 2.45) is 0 Å². The predicted molar refractivity (Wildman–Crippen MR) is 124 cm³/mol. The van der Waals surface area contributed by atoms with Crippen LogP contribution in [0.5, 0.6) is 5.75 Å². The summed E-state index contributed by atoms with van der Waals surface area (Å²) >= 11 is 8.87. The maximum atomic E-state index is 10.2. The number of rotatable bonds is 3. The Morgan fingerprint density at radius 2 is 2.16 bits per heavy atom. The number of nitrogens with two attached hydrogens (primary N) is 1. The van der Waals surface area contributed by atoms with Gasteiger partial charge in [-0.2, -0.15) is 9.05 Å². The van der Waals surface area contributed by atoms with Gasteiger partial charge in [-0.25, -0.2) is 14.9 Å². The molecule has 32 heavy (non-hydrogen) atoms. The van der Waals surface area contributed by atoms with E-state index in [2.05, 4.69) is 31.2 Å². The first-order valence-electron chi connectivity index (χ1n) is 9.44. The molecule has 4 heterocycles. The summed E-state index contributed by atoms with van der Waals surface area (Å²) in [6.07, 6.45) is -1.65. The minimum absolute atomic E-state index is 0.0150. The molecule has 3 aliphatic heterocycles. The average molecular weight is 541 g/mol. The molecule has 2 aromatic rings. The topological polar surface area (TPSA) is 133 Å². The highest BCUT2D eigenvalue weighted by Gasteiger charge is 2.61. The van der Waals surface area contributed by atoms with Crippen LogP contribution in [0.25, 0.3) is 0 Å². The molecule has 0 aliphatic carbocycles. The molecule has 2 radical (unpaired) electrons. The van der Waals surface area contributed by atoms with Crippen molar-refractivity contribution in [3.63, 3.8) is 0 Å². The van der Waals surface area contributed by atoms with E-state index >= 15 is 0 Å². The predicted octanol–water partition coefficient (Wildman–Crippen LogP) is 1.70. The van der Waals surface area contributed by atoms with Crippen molar-refractivity contribution in [3.8, 4) is 5.75 Å². The van der Waals surface area contributed by atoms with Crippen LogP contribution in [0, 0.1) is 0 Å². The number of halogens is 1. The third kappa shape index (κ3) is 4.12. The first-order valence-corrected chi connectivity index (χ1v) is 12.4. The molecule has 0 amide bonds. The van der Waals surface area contributed by atoms with Gasteiger partial charge in [0.05, 0.1) is 0 Å². The Morgan fingerprint density at radius 1 is 1.38 bits per heavy atom. The van der Waals surface area contributed by atoms with Crippen LogP contribution in [0.2, 0.25) is 0 Å². The lowest BCUT2D eigenvalue weighted by Crippen LogP contribution is -2.50. The first-order chi connectivity index (χ1) is 15.3. The molecule has 0 saturated carbocycles. The van der Waals surface area contributed by atoms with Gasteiger partial charge in [-0.3, -0.25) is 4.90 Å². The molecular formula is C17H17BBrN5O6PS+. The molecular weight excluding hydrogens is 524 g/mol. The summed E-state index contributed by atoms with van der Waals surface area (Å²) in [5, 5.41) is 2.55. The number of hydrogen-bond donors (Lipinski definition) is 3. The molecule has 3 aliphatic rings. The van der Waals surface area contributed by atoms with Crippen LogP contribution in [-0.2, 0) is 18.5 Å². The van der Waals surface area contributed by atoms with E-state index in [-0.39, 0.29) is 17.7 Å². The molecule has 4 N–H and O–H groups in total. The van der Waals surface area contributed by atoms with E-state index in [4.69, 9.17) is 48.8 Å². The normalized spacial score (nSPS) is 33.2. The number of hydrogen-bond acceptors (Lipinski definition) is 12. The van der Waals surface area contributed by atoms with E-state index in [1.807, 2.05) is 18.2 Å². The monoisotopic (exact) mass is 540 g/mol. The largest absolute Gasteiger partial charge is 0.488 e. The Morgan fingerprint density at radius 3 is 2.94 bits per heavy atom. The van der Waals surface area contributed by atoms with Crippen molar-refractivity contribution in [1.82, 2.24) is 9.97 Å². The van der Waals surface area contributed by atoms with Gasteiger partial charge in [-0.15, -0.1) is 0 Å². The minimum atomic E-state index is -3.54. The number of ether oxygens (including phenoxy) is 3.